The molecule has 0 aromatic carbocycles. The van der Waals surface area contributed by atoms with Crippen molar-refractivity contribution in [3.8, 4) is 0 Å². The van der Waals surface area contributed by atoms with Crippen LogP contribution in [0.5, 0.6) is 0 Å². The number of carbonyl (C=O) groups is 1. The summed E-state index contributed by atoms with van der Waals surface area (Å²) in [7, 11) is -13.7. The van der Waals surface area contributed by atoms with Crippen LogP contribution < -0.4 is 0 Å². The molecular weight excluding hydrogens is 789 g/mol. The van der Waals surface area contributed by atoms with Crippen molar-refractivity contribution in [2.45, 2.75) is 291 Å². The lowest BCUT2D eigenvalue weighted by Gasteiger charge is -2.50. The van der Waals surface area contributed by atoms with Crippen LogP contribution in [-0.2, 0) is 25.7 Å². The summed E-state index contributed by atoms with van der Waals surface area (Å²) in [5.41, 5.74) is 0. The van der Waals surface area contributed by atoms with Gasteiger partial charge in [-0.25, -0.2) is 0 Å². The third-order valence-corrected chi connectivity index (χ3v) is 37.6. The first-order valence-corrected chi connectivity index (χ1v) is 36.9. The van der Waals surface area contributed by atoms with Crippen LogP contribution in [0.3, 0.4) is 0 Å². The number of rotatable bonds is 42. The Balaban J connectivity index is 8.22. The first kappa shape index (κ1) is 57.4. The molecule has 0 unspecified atom stereocenters. The van der Waals surface area contributed by atoms with E-state index in [2.05, 4.69) is 76.2 Å². The number of unbranched alkanes of at least 4 members (excludes halogenated alkanes) is 11. The highest BCUT2D eigenvalue weighted by Gasteiger charge is 2.58. The fourth-order valence-electron chi connectivity index (χ4n) is 8.67. The van der Waals surface area contributed by atoms with Crippen molar-refractivity contribution >= 4 is 48.5 Å². The average Bonchev–Trinajstić information content (AvgIpc) is 3.20. The predicted octanol–water partition coefficient (Wildman–Crippen LogP) is 17.1. The minimum absolute atomic E-state index is 0.175. The zero-order chi connectivity index (χ0) is 42.9. The zero-order valence-electron chi connectivity index (χ0n) is 40.8. The summed E-state index contributed by atoms with van der Waals surface area (Å²) >= 11 is 0. The SMILES string of the molecule is CCCC[Si](CCCC)(CCCC)O[Si](CCCC)(CCCC)O[Si](CCCC)(CCCC)O[Si](CCCC)(CCCC)O[Si](CCCC)(CCCC)OC(C)=O. The minimum atomic E-state index is -2.96. The molecule has 0 rings (SSSR count). The van der Waals surface area contributed by atoms with Crippen LogP contribution in [0.15, 0.2) is 0 Å². The Bertz CT molecular complexity index is 902. The van der Waals surface area contributed by atoms with Crippen LogP contribution >= 0.6 is 0 Å². The molecule has 0 bridgehead atoms. The molecular formula is C46H102O6Si5. The Morgan fingerprint density at radius 1 is 0.298 bits per heavy atom. The van der Waals surface area contributed by atoms with E-state index in [0.717, 1.165) is 125 Å². The molecule has 0 aromatic rings. The van der Waals surface area contributed by atoms with Crippen molar-refractivity contribution in [1.29, 1.82) is 0 Å². The van der Waals surface area contributed by atoms with Crippen molar-refractivity contribution in [3.05, 3.63) is 0 Å². The van der Waals surface area contributed by atoms with Gasteiger partial charge in [0, 0.05) is 19.0 Å². The van der Waals surface area contributed by atoms with Crippen LogP contribution in [-0.4, -0.2) is 48.5 Å². The molecule has 0 saturated carbocycles. The standard InChI is InChI=1S/C46H102O6Si5/c1-13-24-35-53(36-25-14-2,37-26-15-3)49-55(40-29-18-6,41-30-19-7)51-57(44-33-22-10,45-34-23-11)52-56(42-31-20-8,43-32-21-9)50-54(38-27-16-4,39-28-17-5)48-46(12)47/h13-45H2,1-12H3. The molecule has 0 aliphatic rings. The molecule has 0 amide bonds. The molecule has 0 aromatic heterocycles. The van der Waals surface area contributed by atoms with Gasteiger partial charge in [0.15, 0.2) is 8.32 Å². The maximum absolute atomic E-state index is 13.1. The van der Waals surface area contributed by atoms with E-state index in [1.807, 2.05) is 0 Å². The summed E-state index contributed by atoms with van der Waals surface area (Å²) in [6.07, 6.45) is 25.3. The minimum Gasteiger partial charge on any atom is -0.495 e. The smallest absolute Gasteiger partial charge is 0.392 e. The fourth-order valence-corrected chi connectivity index (χ4v) is 41.3. The molecule has 0 fully saturated rings. The van der Waals surface area contributed by atoms with E-state index < -0.39 is 42.6 Å². The third-order valence-electron chi connectivity index (χ3n) is 12.1. The maximum atomic E-state index is 13.1. The largest absolute Gasteiger partial charge is 0.495 e. The molecule has 57 heavy (non-hydrogen) atoms. The van der Waals surface area contributed by atoms with Gasteiger partial charge in [-0.05, 0) is 54.4 Å². The van der Waals surface area contributed by atoms with Gasteiger partial charge in [-0.2, -0.15) is 0 Å². The summed E-state index contributed by atoms with van der Waals surface area (Å²) in [5, 5.41) is 0. The van der Waals surface area contributed by atoms with Gasteiger partial charge >= 0.3 is 34.2 Å². The second-order valence-corrected chi connectivity index (χ2v) is 36.6. The summed E-state index contributed by atoms with van der Waals surface area (Å²) in [4.78, 5) is 13.1. The van der Waals surface area contributed by atoms with E-state index >= 15 is 0 Å². The molecule has 0 radical (unpaired) electrons. The van der Waals surface area contributed by atoms with Gasteiger partial charge in [0.05, 0.1) is 0 Å². The summed E-state index contributed by atoms with van der Waals surface area (Å²) < 4.78 is 39.7. The van der Waals surface area contributed by atoms with Crippen molar-refractivity contribution < 1.29 is 25.7 Å². The van der Waals surface area contributed by atoms with E-state index in [9.17, 15) is 4.79 Å². The van der Waals surface area contributed by atoms with E-state index in [-0.39, 0.29) is 5.97 Å². The second-order valence-electron chi connectivity index (χ2n) is 18.0. The van der Waals surface area contributed by atoms with Crippen molar-refractivity contribution in [3.63, 3.8) is 0 Å². The third kappa shape index (κ3) is 23.4. The van der Waals surface area contributed by atoms with Gasteiger partial charge in [0.1, 0.15) is 0 Å². The van der Waals surface area contributed by atoms with Gasteiger partial charge < -0.3 is 20.9 Å². The lowest BCUT2D eigenvalue weighted by Crippen LogP contribution is -2.65. The first-order valence-electron chi connectivity index (χ1n) is 25.4. The molecule has 0 atom stereocenters. The average molecular weight is 892 g/mol. The Kier molecular flexibility index (Phi) is 34.2. The molecule has 0 spiro atoms. The molecule has 342 valence electrons. The van der Waals surface area contributed by atoms with Gasteiger partial charge in [-0.15, -0.1) is 0 Å². The highest BCUT2D eigenvalue weighted by molar-refractivity contribution is 6.92. The Morgan fingerprint density at radius 3 is 0.719 bits per heavy atom. The van der Waals surface area contributed by atoms with Gasteiger partial charge in [0.2, 0.25) is 0 Å². The highest BCUT2D eigenvalue weighted by atomic mass is 28.5. The Morgan fingerprint density at radius 2 is 0.491 bits per heavy atom. The van der Waals surface area contributed by atoms with E-state index in [0.29, 0.717) is 0 Å². The van der Waals surface area contributed by atoms with Crippen molar-refractivity contribution in [1.82, 2.24) is 0 Å². The van der Waals surface area contributed by atoms with Crippen molar-refractivity contribution in [2.24, 2.45) is 0 Å². The van der Waals surface area contributed by atoms with Crippen molar-refractivity contribution in [2.75, 3.05) is 0 Å². The number of hydrogen-bond acceptors (Lipinski definition) is 6. The maximum Gasteiger partial charge on any atom is 0.392 e. The molecule has 0 aliphatic heterocycles. The fraction of sp³-hybridized carbons (Fsp3) is 0.978. The molecule has 11 heteroatoms. The van der Waals surface area contributed by atoms with Gasteiger partial charge in [-0.3, -0.25) is 4.79 Å². The molecule has 0 aliphatic carbocycles. The Labute approximate surface area is 363 Å². The molecule has 0 saturated heterocycles. The predicted molar refractivity (Wildman–Crippen MR) is 262 cm³/mol. The monoisotopic (exact) mass is 891 g/mol. The first-order chi connectivity index (χ1) is 27.4. The van der Waals surface area contributed by atoms with E-state index in [1.54, 1.807) is 6.92 Å². The normalized spacial score (nSPS) is 13.1. The second kappa shape index (κ2) is 33.9. The molecule has 0 N–H and O–H groups in total. The lowest BCUT2D eigenvalue weighted by atomic mass is 10.4. The lowest BCUT2D eigenvalue weighted by molar-refractivity contribution is -0.133. The van der Waals surface area contributed by atoms with E-state index in [4.69, 9.17) is 20.9 Å². The number of hydrogen-bond donors (Lipinski definition) is 0. The van der Waals surface area contributed by atoms with Gasteiger partial charge in [0.25, 0.3) is 5.97 Å². The Hall–Kier alpha value is 0.394. The summed E-state index contributed by atoms with van der Waals surface area (Å²) in [6, 6.07) is 11.7. The zero-order valence-corrected chi connectivity index (χ0v) is 45.8. The summed E-state index contributed by atoms with van der Waals surface area (Å²) in [5.74, 6) is -0.175. The van der Waals surface area contributed by atoms with Crippen LogP contribution in [0.4, 0.5) is 0 Å². The quantitative estimate of drug-likeness (QED) is 0.0569. The molecule has 0 heterocycles. The van der Waals surface area contributed by atoms with Crippen LogP contribution in [0, 0.1) is 0 Å². The number of carbonyl (C=O) groups excluding carboxylic acids is 1. The van der Waals surface area contributed by atoms with Gasteiger partial charge in [-0.1, -0.05) is 217 Å². The topological polar surface area (TPSA) is 63.2 Å². The highest BCUT2D eigenvalue weighted by Crippen LogP contribution is 2.44. The van der Waals surface area contributed by atoms with Crippen LogP contribution in [0.2, 0.25) is 66.5 Å². The molecule has 6 nitrogen and oxygen atoms in total. The van der Waals surface area contributed by atoms with Crippen LogP contribution in [0.1, 0.15) is 224 Å². The van der Waals surface area contributed by atoms with E-state index in [1.165, 1.54) is 82.3 Å². The van der Waals surface area contributed by atoms with Crippen LogP contribution in [0.25, 0.3) is 0 Å². The summed E-state index contributed by atoms with van der Waals surface area (Å²) in [6.45, 7) is 27.3.